The van der Waals surface area contributed by atoms with Gasteiger partial charge in [-0.25, -0.2) is 0 Å². The van der Waals surface area contributed by atoms with Crippen LogP contribution in [0.5, 0.6) is 0 Å². The highest BCUT2D eigenvalue weighted by molar-refractivity contribution is 7.14. The summed E-state index contributed by atoms with van der Waals surface area (Å²) >= 11 is 1.49. The molecule has 1 aliphatic carbocycles. The number of nitrogens with one attached hydrogen (secondary N) is 1. The van der Waals surface area contributed by atoms with Gasteiger partial charge in [0.15, 0.2) is 0 Å². The lowest BCUT2D eigenvalue weighted by Crippen LogP contribution is -2.51. The van der Waals surface area contributed by atoms with Gasteiger partial charge in [0, 0.05) is 4.88 Å². The van der Waals surface area contributed by atoms with Gasteiger partial charge >= 0.3 is 5.97 Å². The van der Waals surface area contributed by atoms with Crippen LogP contribution < -0.4 is 5.32 Å². The lowest BCUT2D eigenvalue weighted by molar-refractivity contribution is -0.139. The monoisotopic (exact) mass is 309 g/mol. The largest absolute Gasteiger partial charge is 0.481 e. The molecule has 0 radical (unpaired) electrons. The number of aliphatic carboxylic acids is 1. The van der Waals surface area contributed by atoms with Crippen molar-refractivity contribution in [2.75, 3.05) is 0 Å². The van der Waals surface area contributed by atoms with Gasteiger partial charge < -0.3 is 10.4 Å². The van der Waals surface area contributed by atoms with Gasteiger partial charge in [-0.2, -0.15) is 0 Å². The Bertz CT molecular complexity index is 530. The number of aryl methyl sites for hydroxylation is 2. The molecule has 0 unspecified atom stereocenters. The molecular formula is C16H23NO3S. The third kappa shape index (κ3) is 3.84. The lowest BCUT2D eigenvalue weighted by Gasteiger charge is -2.36. The van der Waals surface area contributed by atoms with E-state index >= 15 is 0 Å². The Morgan fingerprint density at radius 3 is 2.52 bits per heavy atom. The summed E-state index contributed by atoms with van der Waals surface area (Å²) in [5, 5.41) is 12.2. The minimum absolute atomic E-state index is 0.0176. The third-order valence-electron chi connectivity index (χ3n) is 4.30. The molecule has 1 amide bonds. The van der Waals surface area contributed by atoms with Crippen molar-refractivity contribution in [1.29, 1.82) is 0 Å². The van der Waals surface area contributed by atoms with E-state index in [1.807, 2.05) is 13.0 Å². The highest BCUT2D eigenvalue weighted by atomic mass is 32.1. The van der Waals surface area contributed by atoms with Crippen LogP contribution in [0.15, 0.2) is 6.07 Å². The predicted molar refractivity (Wildman–Crippen MR) is 84.0 cm³/mol. The zero-order valence-corrected chi connectivity index (χ0v) is 13.5. The third-order valence-corrected chi connectivity index (χ3v) is 5.40. The summed E-state index contributed by atoms with van der Waals surface area (Å²) in [4.78, 5) is 25.5. The van der Waals surface area contributed by atoms with E-state index in [2.05, 4.69) is 12.2 Å². The molecule has 21 heavy (non-hydrogen) atoms. The standard InChI is InChI=1S/C16H23NO3S/c1-3-12-9-13(21-11(12)2)15(20)17-16(10-14(18)19)7-5-4-6-8-16/h9H,3-8,10H2,1-2H3,(H,17,20)(H,18,19). The predicted octanol–water partition coefficient (Wildman–Crippen LogP) is 3.53. The molecule has 5 heteroatoms. The first-order chi connectivity index (χ1) is 9.96. The number of rotatable bonds is 5. The summed E-state index contributed by atoms with van der Waals surface area (Å²) in [6.07, 6.45) is 5.54. The van der Waals surface area contributed by atoms with Crippen LogP contribution >= 0.6 is 11.3 Å². The molecule has 0 aliphatic heterocycles. The van der Waals surface area contributed by atoms with E-state index in [1.54, 1.807) is 0 Å². The average Bonchev–Trinajstić information content (AvgIpc) is 2.80. The normalized spacial score (nSPS) is 17.4. The zero-order valence-electron chi connectivity index (χ0n) is 12.7. The number of thiophene rings is 1. The molecule has 0 spiro atoms. The second kappa shape index (κ2) is 6.60. The van der Waals surface area contributed by atoms with Gasteiger partial charge in [-0.3, -0.25) is 9.59 Å². The number of carbonyl (C=O) groups is 2. The van der Waals surface area contributed by atoms with E-state index in [1.165, 1.54) is 21.8 Å². The maximum absolute atomic E-state index is 12.5. The quantitative estimate of drug-likeness (QED) is 0.874. The average molecular weight is 309 g/mol. The van der Waals surface area contributed by atoms with Crippen LogP contribution in [0.25, 0.3) is 0 Å². The Morgan fingerprint density at radius 1 is 1.33 bits per heavy atom. The van der Waals surface area contributed by atoms with Crippen LogP contribution in [0.1, 0.15) is 65.6 Å². The first kappa shape index (κ1) is 16.0. The Hall–Kier alpha value is -1.36. The molecule has 1 aromatic heterocycles. The highest BCUT2D eigenvalue weighted by Crippen LogP contribution is 2.32. The van der Waals surface area contributed by atoms with Crippen LogP contribution in [-0.2, 0) is 11.2 Å². The fraction of sp³-hybridized carbons (Fsp3) is 0.625. The van der Waals surface area contributed by atoms with Crippen molar-refractivity contribution in [3.05, 3.63) is 21.4 Å². The van der Waals surface area contributed by atoms with Crippen LogP contribution in [0.4, 0.5) is 0 Å². The van der Waals surface area contributed by atoms with Gasteiger partial charge in [0.2, 0.25) is 0 Å². The van der Waals surface area contributed by atoms with Gasteiger partial charge in [-0.05, 0) is 37.8 Å². The Balaban J connectivity index is 2.15. The van der Waals surface area contributed by atoms with E-state index in [-0.39, 0.29) is 12.3 Å². The summed E-state index contributed by atoms with van der Waals surface area (Å²) in [6, 6.07) is 1.94. The number of hydrogen-bond acceptors (Lipinski definition) is 3. The Labute approximate surface area is 129 Å². The number of carboxylic acid groups (broad SMARTS) is 1. The smallest absolute Gasteiger partial charge is 0.305 e. The van der Waals surface area contributed by atoms with E-state index in [4.69, 9.17) is 5.11 Å². The fourth-order valence-electron chi connectivity index (χ4n) is 3.15. The van der Waals surface area contributed by atoms with Crippen LogP contribution in [0.3, 0.4) is 0 Å². The van der Waals surface area contributed by atoms with Crippen LogP contribution in [0, 0.1) is 6.92 Å². The summed E-state index contributed by atoms with van der Waals surface area (Å²) in [5.41, 5.74) is 0.631. The first-order valence-electron chi connectivity index (χ1n) is 7.59. The van der Waals surface area contributed by atoms with E-state index in [0.29, 0.717) is 4.88 Å². The van der Waals surface area contributed by atoms with Crippen molar-refractivity contribution in [1.82, 2.24) is 5.32 Å². The van der Waals surface area contributed by atoms with E-state index in [0.717, 1.165) is 38.5 Å². The van der Waals surface area contributed by atoms with Crippen molar-refractivity contribution in [3.63, 3.8) is 0 Å². The van der Waals surface area contributed by atoms with Crippen molar-refractivity contribution in [3.8, 4) is 0 Å². The van der Waals surface area contributed by atoms with Crippen LogP contribution in [0.2, 0.25) is 0 Å². The van der Waals surface area contributed by atoms with Gasteiger partial charge in [0.25, 0.3) is 5.91 Å². The number of carboxylic acids is 1. The molecule has 0 atom stereocenters. The molecule has 1 heterocycles. The molecular weight excluding hydrogens is 286 g/mol. The van der Waals surface area contributed by atoms with Crippen molar-refractivity contribution >= 4 is 23.2 Å². The van der Waals surface area contributed by atoms with E-state index < -0.39 is 11.5 Å². The minimum atomic E-state index is -0.839. The molecule has 1 saturated carbocycles. The molecule has 0 aromatic carbocycles. The Morgan fingerprint density at radius 2 is 2.00 bits per heavy atom. The van der Waals surface area contributed by atoms with Crippen molar-refractivity contribution in [2.24, 2.45) is 0 Å². The molecule has 2 rings (SSSR count). The second-order valence-electron chi connectivity index (χ2n) is 5.91. The summed E-state index contributed by atoms with van der Waals surface area (Å²) in [7, 11) is 0. The topological polar surface area (TPSA) is 66.4 Å². The van der Waals surface area contributed by atoms with Gasteiger partial charge in [-0.15, -0.1) is 11.3 Å². The van der Waals surface area contributed by atoms with E-state index in [9.17, 15) is 9.59 Å². The fourth-order valence-corrected chi connectivity index (χ4v) is 4.16. The summed E-state index contributed by atoms with van der Waals surface area (Å²) in [6.45, 7) is 4.09. The maximum Gasteiger partial charge on any atom is 0.305 e. The molecule has 4 nitrogen and oxygen atoms in total. The minimum Gasteiger partial charge on any atom is -0.481 e. The van der Waals surface area contributed by atoms with Crippen LogP contribution in [-0.4, -0.2) is 22.5 Å². The first-order valence-corrected chi connectivity index (χ1v) is 8.41. The Kier molecular flexibility index (Phi) is 5.04. The van der Waals surface area contributed by atoms with Crippen molar-refractivity contribution in [2.45, 2.75) is 64.3 Å². The molecule has 116 valence electrons. The van der Waals surface area contributed by atoms with Gasteiger partial charge in [0.1, 0.15) is 0 Å². The zero-order chi connectivity index (χ0) is 15.5. The number of amides is 1. The lowest BCUT2D eigenvalue weighted by atomic mass is 9.79. The maximum atomic E-state index is 12.5. The van der Waals surface area contributed by atoms with Gasteiger partial charge in [-0.1, -0.05) is 26.2 Å². The molecule has 1 aromatic rings. The molecule has 0 saturated heterocycles. The molecule has 1 fully saturated rings. The second-order valence-corrected chi connectivity index (χ2v) is 7.17. The summed E-state index contributed by atoms with van der Waals surface area (Å²) in [5.74, 6) is -0.959. The number of carbonyl (C=O) groups excluding carboxylic acids is 1. The summed E-state index contributed by atoms with van der Waals surface area (Å²) < 4.78 is 0. The molecule has 2 N–H and O–H groups in total. The molecule has 1 aliphatic rings. The number of hydrogen-bond donors (Lipinski definition) is 2. The SMILES string of the molecule is CCc1cc(C(=O)NC2(CC(=O)O)CCCCC2)sc1C. The van der Waals surface area contributed by atoms with Gasteiger partial charge in [0.05, 0.1) is 16.8 Å². The van der Waals surface area contributed by atoms with Crippen molar-refractivity contribution < 1.29 is 14.7 Å². The molecule has 0 bridgehead atoms. The highest BCUT2D eigenvalue weighted by Gasteiger charge is 2.36.